The third-order valence-corrected chi connectivity index (χ3v) is 5.45. The minimum Gasteiger partial charge on any atom is -0.508 e. The van der Waals surface area contributed by atoms with Gasteiger partial charge in [0, 0.05) is 61.8 Å². The number of carbonyl (C=O) groups is 1. The van der Waals surface area contributed by atoms with E-state index in [9.17, 15) is 14.3 Å². The standard InChI is InChI=1S/C22H23FN4O2/c1-15-21(14-24-25(15)2)16-10-17(12-18(23)11-16)22(29)27-8-6-26(7-9-27)19-4-3-5-20(28)13-19/h3-5,10-14,28H,6-9H2,1-2H3. The largest absolute Gasteiger partial charge is 0.508 e. The maximum atomic E-state index is 14.3. The molecule has 3 aromatic rings. The van der Waals surface area contributed by atoms with Crippen molar-refractivity contribution in [3.63, 3.8) is 0 Å². The fourth-order valence-electron chi connectivity index (χ4n) is 3.69. The molecule has 1 fully saturated rings. The Balaban J connectivity index is 1.51. The molecule has 0 radical (unpaired) electrons. The number of amides is 1. The molecule has 0 spiro atoms. The molecule has 150 valence electrons. The first kappa shape index (κ1) is 19.0. The van der Waals surface area contributed by atoms with E-state index in [0.29, 0.717) is 37.3 Å². The first-order valence-electron chi connectivity index (χ1n) is 9.55. The highest BCUT2D eigenvalue weighted by atomic mass is 19.1. The first-order chi connectivity index (χ1) is 13.9. The number of aromatic nitrogens is 2. The second kappa shape index (κ2) is 7.58. The zero-order chi connectivity index (χ0) is 20.5. The first-order valence-corrected chi connectivity index (χ1v) is 9.55. The van der Waals surface area contributed by atoms with E-state index < -0.39 is 5.82 Å². The van der Waals surface area contributed by atoms with Gasteiger partial charge in [-0.15, -0.1) is 0 Å². The number of halogens is 1. The van der Waals surface area contributed by atoms with Crippen molar-refractivity contribution in [2.24, 2.45) is 7.05 Å². The lowest BCUT2D eigenvalue weighted by molar-refractivity contribution is 0.0746. The maximum Gasteiger partial charge on any atom is 0.254 e. The van der Waals surface area contributed by atoms with Crippen molar-refractivity contribution in [1.29, 1.82) is 0 Å². The van der Waals surface area contributed by atoms with Crippen LogP contribution in [0.1, 0.15) is 16.1 Å². The molecule has 2 aromatic carbocycles. The van der Waals surface area contributed by atoms with E-state index in [2.05, 4.69) is 10.00 Å². The predicted molar refractivity (Wildman–Crippen MR) is 110 cm³/mol. The second-order valence-corrected chi connectivity index (χ2v) is 7.29. The molecular weight excluding hydrogens is 371 g/mol. The number of aromatic hydroxyl groups is 1. The van der Waals surface area contributed by atoms with Crippen LogP contribution < -0.4 is 4.90 Å². The number of carbonyl (C=O) groups excluding carboxylic acids is 1. The summed E-state index contributed by atoms with van der Waals surface area (Å²) in [7, 11) is 1.83. The van der Waals surface area contributed by atoms with Gasteiger partial charge in [-0.05, 0) is 42.8 Å². The van der Waals surface area contributed by atoms with Crippen molar-refractivity contribution in [2.45, 2.75) is 6.92 Å². The highest BCUT2D eigenvalue weighted by Gasteiger charge is 2.23. The average Bonchev–Trinajstić information content (AvgIpc) is 3.06. The summed E-state index contributed by atoms with van der Waals surface area (Å²) in [5.74, 6) is -0.394. The Morgan fingerprint density at radius 2 is 1.86 bits per heavy atom. The van der Waals surface area contributed by atoms with E-state index in [4.69, 9.17) is 0 Å². The molecule has 0 aliphatic carbocycles. The molecule has 0 bridgehead atoms. The molecule has 7 heteroatoms. The molecule has 0 atom stereocenters. The van der Waals surface area contributed by atoms with E-state index in [1.54, 1.807) is 40.0 Å². The molecule has 1 amide bonds. The van der Waals surface area contributed by atoms with Crippen molar-refractivity contribution >= 4 is 11.6 Å². The summed E-state index contributed by atoms with van der Waals surface area (Å²) in [6.45, 7) is 4.28. The number of anilines is 1. The Kier molecular flexibility index (Phi) is 4.96. The lowest BCUT2D eigenvalue weighted by atomic mass is 10.0. The van der Waals surface area contributed by atoms with Crippen LogP contribution in [0.4, 0.5) is 10.1 Å². The van der Waals surface area contributed by atoms with Gasteiger partial charge in [-0.1, -0.05) is 6.07 Å². The summed E-state index contributed by atoms with van der Waals surface area (Å²) < 4.78 is 16.0. The smallest absolute Gasteiger partial charge is 0.254 e. The zero-order valence-corrected chi connectivity index (χ0v) is 16.5. The van der Waals surface area contributed by atoms with E-state index >= 15 is 0 Å². The van der Waals surface area contributed by atoms with Crippen LogP contribution in [0.5, 0.6) is 5.75 Å². The quantitative estimate of drug-likeness (QED) is 0.741. The van der Waals surface area contributed by atoms with Crippen LogP contribution in [0, 0.1) is 12.7 Å². The van der Waals surface area contributed by atoms with Crippen molar-refractivity contribution in [1.82, 2.24) is 14.7 Å². The Labute approximate surface area is 168 Å². The van der Waals surface area contributed by atoms with Crippen LogP contribution in [0.2, 0.25) is 0 Å². The molecule has 1 N–H and O–H groups in total. The number of hydrogen-bond acceptors (Lipinski definition) is 4. The normalized spacial score (nSPS) is 14.3. The van der Waals surface area contributed by atoms with Gasteiger partial charge in [0.25, 0.3) is 5.91 Å². The lowest BCUT2D eigenvalue weighted by Crippen LogP contribution is -2.48. The third-order valence-electron chi connectivity index (χ3n) is 5.45. The Bertz CT molecular complexity index is 1050. The van der Waals surface area contributed by atoms with Crippen molar-refractivity contribution in [2.75, 3.05) is 31.1 Å². The number of phenols is 1. The van der Waals surface area contributed by atoms with E-state index in [1.807, 2.05) is 20.0 Å². The SMILES string of the molecule is Cc1c(-c2cc(F)cc(C(=O)N3CCN(c4cccc(O)c4)CC3)c2)cnn1C. The fourth-order valence-corrected chi connectivity index (χ4v) is 3.69. The van der Waals surface area contributed by atoms with Gasteiger partial charge in [-0.3, -0.25) is 9.48 Å². The van der Waals surface area contributed by atoms with Crippen LogP contribution in [0.25, 0.3) is 11.1 Å². The summed E-state index contributed by atoms with van der Waals surface area (Å²) in [5.41, 5.74) is 3.65. The number of aryl methyl sites for hydroxylation is 1. The monoisotopic (exact) mass is 394 g/mol. The Morgan fingerprint density at radius 1 is 1.10 bits per heavy atom. The van der Waals surface area contributed by atoms with Crippen molar-refractivity contribution in [3.8, 4) is 16.9 Å². The summed E-state index contributed by atoms with van der Waals surface area (Å²) in [4.78, 5) is 16.9. The molecule has 1 aliphatic heterocycles. The molecule has 4 rings (SSSR count). The van der Waals surface area contributed by atoms with Crippen LogP contribution >= 0.6 is 0 Å². The number of hydrogen-bond donors (Lipinski definition) is 1. The molecule has 29 heavy (non-hydrogen) atoms. The van der Waals surface area contributed by atoms with Crippen LogP contribution in [-0.4, -0.2) is 51.9 Å². The van der Waals surface area contributed by atoms with E-state index in [1.165, 1.54) is 12.1 Å². The van der Waals surface area contributed by atoms with Crippen LogP contribution in [0.3, 0.4) is 0 Å². The molecule has 0 unspecified atom stereocenters. The fraction of sp³-hybridized carbons (Fsp3) is 0.273. The van der Waals surface area contributed by atoms with Gasteiger partial charge in [0.2, 0.25) is 0 Å². The van der Waals surface area contributed by atoms with Gasteiger partial charge in [-0.2, -0.15) is 5.10 Å². The number of rotatable bonds is 3. The van der Waals surface area contributed by atoms with E-state index in [-0.39, 0.29) is 11.7 Å². The minimum absolute atomic E-state index is 0.178. The number of nitrogens with zero attached hydrogens (tertiary/aromatic N) is 4. The summed E-state index contributed by atoms with van der Waals surface area (Å²) in [6.07, 6.45) is 1.69. The van der Waals surface area contributed by atoms with Gasteiger partial charge in [0.15, 0.2) is 0 Å². The highest BCUT2D eigenvalue weighted by Crippen LogP contribution is 2.26. The molecule has 0 saturated carbocycles. The molecule has 1 saturated heterocycles. The zero-order valence-electron chi connectivity index (χ0n) is 16.5. The summed E-state index contributed by atoms with van der Waals surface area (Å²) >= 11 is 0. The Morgan fingerprint density at radius 3 is 2.52 bits per heavy atom. The van der Waals surface area contributed by atoms with E-state index in [0.717, 1.165) is 16.9 Å². The van der Waals surface area contributed by atoms with Gasteiger partial charge < -0.3 is 14.9 Å². The molecule has 1 aromatic heterocycles. The predicted octanol–water partition coefficient (Wildman–Crippen LogP) is 3.20. The van der Waals surface area contributed by atoms with Gasteiger partial charge in [-0.25, -0.2) is 4.39 Å². The van der Waals surface area contributed by atoms with Crippen molar-refractivity contribution in [3.05, 3.63) is 65.7 Å². The second-order valence-electron chi connectivity index (χ2n) is 7.29. The summed E-state index contributed by atoms with van der Waals surface area (Å²) in [5, 5.41) is 13.9. The summed E-state index contributed by atoms with van der Waals surface area (Å²) in [6, 6.07) is 11.5. The van der Waals surface area contributed by atoms with Gasteiger partial charge >= 0.3 is 0 Å². The average molecular weight is 394 g/mol. The minimum atomic E-state index is -0.438. The number of phenolic OH excluding ortho intramolecular Hbond substituents is 1. The topological polar surface area (TPSA) is 61.6 Å². The Hall–Kier alpha value is -3.35. The third kappa shape index (κ3) is 3.81. The van der Waals surface area contributed by atoms with Gasteiger partial charge in [0.1, 0.15) is 11.6 Å². The van der Waals surface area contributed by atoms with Gasteiger partial charge in [0.05, 0.1) is 6.20 Å². The van der Waals surface area contributed by atoms with Crippen molar-refractivity contribution < 1.29 is 14.3 Å². The molecule has 2 heterocycles. The number of benzene rings is 2. The molecular formula is C22H23FN4O2. The molecule has 6 nitrogen and oxygen atoms in total. The molecule has 1 aliphatic rings. The lowest BCUT2D eigenvalue weighted by Gasteiger charge is -2.36. The maximum absolute atomic E-state index is 14.3. The van der Waals surface area contributed by atoms with Crippen LogP contribution in [0.15, 0.2) is 48.7 Å². The van der Waals surface area contributed by atoms with Crippen LogP contribution in [-0.2, 0) is 7.05 Å². The highest BCUT2D eigenvalue weighted by molar-refractivity contribution is 5.95. The number of piperazine rings is 1.